The van der Waals surface area contributed by atoms with E-state index in [9.17, 15) is 9.59 Å². The van der Waals surface area contributed by atoms with Gasteiger partial charge < -0.3 is 9.47 Å². The predicted molar refractivity (Wildman–Crippen MR) is 106 cm³/mol. The molecule has 140 valence electrons. The lowest BCUT2D eigenvalue weighted by Crippen LogP contribution is -2.40. The van der Waals surface area contributed by atoms with Gasteiger partial charge in [0.1, 0.15) is 0 Å². The van der Waals surface area contributed by atoms with Gasteiger partial charge in [-0.05, 0) is 70.4 Å². The van der Waals surface area contributed by atoms with Gasteiger partial charge in [-0.3, -0.25) is 9.59 Å². The van der Waals surface area contributed by atoms with Crippen molar-refractivity contribution in [3.8, 4) is 11.5 Å². The van der Waals surface area contributed by atoms with Gasteiger partial charge in [0.25, 0.3) is 11.8 Å². The van der Waals surface area contributed by atoms with Crippen molar-refractivity contribution < 1.29 is 19.1 Å². The summed E-state index contributed by atoms with van der Waals surface area (Å²) in [4.78, 5) is 25.9. The van der Waals surface area contributed by atoms with E-state index in [0.29, 0.717) is 23.3 Å². The number of hydrogen-bond donors (Lipinski definition) is 0. The van der Waals surface area contributed by atoms with Crippen LogP contribution in [-0.4, -0.2) is 37.3 Å². The predicted octanol–water partition coefficient (Wildman–Crippen LogP) is 2.70. The number of carbonyl (C=O) groups is 2. The quantitative estimate of drug-likeness (QED) is 0.289. The number of ether oxygens (including phenoxy) is 2. The number of amides is 2. The number of allylic oxidation sites excluding steroid dienone is 2. The average Bonchev–Trinajstić information content (AvgIpc) is 3.45. The van der Waals surface area contributed by atoms with Crippen molar-refractivity contribution in [2.24, 2.45) is 40.6 Å². The molecule has 2 bridgehead atoms. The summed E-state index contributed by atoms with van der Waals surface area (Å²) in [6.45, 7) is 0. The summed E-state index contributed by atoms with van der Waals surface area (Å²) in [6, 6.07) is 3.66. The van der Waals surface area contributed by atoms with Gasteiger partial charge in [0.2, 0.25) is 0 Å². The second-order valence-corrected chi connectivity index (χ2v) is 8.79. The molecule has 6 nitrogen and oxygen atoms in total. The SMILES string of the molecule is COc1cc(/C=N\N2C(=O)[C@@H]3[C@H]4C=C[C@@H]([C@@H]5C[C@@H]45)[C@@H]3C2=O)cc(I)c1OC. The Balaban J connectivity index is 1.43. The first-order valence-electron chi connectivity index (χ1n) is 9.06. The van der Waals surface area contributed by atoms with E-state index in [2.05, 4.69) is 39.8 Å². The third-order valence-electron chi connectivity index (χ3n) is 6.42. The Bertz CT molecular complexity index is 875. The van der Waals surface area contributed by atoms with Crippen LogP contribution in [0.15, 0.2) is 29.4 Å². The van der Waals surface area contributed by atoms with Crippen LogP contribution in [0.25, 0.3) is 0 Å². The zero-order valence-corrected chi connectivity index (χ0v) is 17.1. The molecular weight excluding hydrogens is 459 g/mol. The molecule has 27 heavy (non-hydrogen) atoms. The molecule has 3 fully saturated rings. The van der Waals surface area contributed by atoms with Crippen LogP contribution < -0.4 is 9.47 Å². The van der Waals surface area contributed by atoms with Crippen molar-refractivity contribution in [1.82, 2.24) is 5.01 Å². The van der Waals surface area contributed by atoms with Crippen LogP contribution in [0, 0.1) is 39.1 Å². The second-order valence-electron chi connectivity index (χ2n) is 7.63. The number of rotatable bonds is 4. The highest BCUT2D eigenvalue weighted by Crippen LogP contribution is 2.65. The Morgan fingerprint density at radius 2 is 1.70 bits per heavy atom. The van der Waals surface area contributed by atoms with Crippen LogP contribution in [-0.2, 0) is 9.59 Å². The van der Waals surface area contributed by atoms with Gasteiger partial charge >= 0.3 is 0 Å². The Morgan fingerprint density at radius 3 is 2.26 bits per heavy atom. The first-order valence-corrected chi connectivity index (χ1v) is 10.1. The standard InChI is InChI=1S/C20H19IN2O4/c1-26-15-6-9(5-14(21)18(15)27-2)8-22-23-19(24)16-10-3-4-11(13-7-12(10)13)17(16)20(23)25/h3-6,8,10-13,16-17H,7H2,1-2H3/b22-8-/t10-,11-,12-,13-,16-,17+/m0/s1. The molecule has 0 aromatic heterocycles. The van der Waals surface area contributed by atoms with Gasteiger partial charge in [-0.25, -0.2) is 0 Å². The summed E-state index contributed by atoms with van der Waals surface area (Å²) >= 11 is 2.16. The van der Waals surface area contributed by atoms with E-state index >= 15 is 0 Å². The van der Waals surface area contributed by atoms with E-state index in [0.717, 1.165) is 20.6 Å². The van der Waals surface area contributed by atoms with E-state index in [-0.39, 0.29) is 35.5 Å². The highest BCUT2D eigenvalue weighted by molar-refractivity contribution is 14.1. The number of hydrogen-bond acceptors (Lipinski definition) is 5. The van der Waals surface area contributed by atoms with Crippen molar-refractivity contribution in [2.45, 2.75) is 6.42 Å². The molecular formula is C20H19IN2O4. The molecule has 1 aromatic rings. The molecule has 1 saturated heterocycles. The minimum atomic E-state index is -0.223. The number of benzene rings is 1. The van der Waals surface area contributed by atoms with Crippen molar-refractivity contribution in [3.05, 3.63) is 33.4 Å². The fraction of sp³-hybridized carbons (Fsp3) is 0.450. The summed E-state index contributed by atoms with van der Waals surface area (Å²) in [6.07, 6.45) is 7.03. The molecule has 6 rings (SSSR count). The first kappa shape index (κ1) is 17.2. The lowest BCUT2D eigenvalue weighted by atomic mass is 9.63. The molecule has 1 aromatic carbocycles. The topological polar surface area (TPSA) is 68.2 Å². The Kier molecular flexibility index (Phi) is 3.86. The molecule has 0 N–H and O–H groups in total. The summed E-state index contributed by atoms with van der Waals surface area (Å²) in [5, 5.41) is 5.36. The van der Waals surface area contributed by atoms with Gasteiger partial charge in [0.15, 0.2) is 11.5 Å². The smallest absolute Gasteiger partial charge is 0.254 e. The van der Waals surface area contributed by atoms with Crippen LogP contribution in [0.3, 0.4) is 0 Å². The molecule has 7 heteroatoms. The lowest BCUT2D eigenvalue weighted by Gasteiger charge is -2.37. The van der Waals surface area contributed by atoms with Gasteiger partial charge in [0.05, 0.1) is 35.8 Å². The minimum absolute atomic E-state index is 0.152. The second kappa shape index (κ2) is 6.05. The number of carbonyl (C=O) groups excluding carboxylic acids is 2. The van der Waals surface area contributed by atoms with Crippen LogP contribution in [0.4, 0.5) is 0 Å². The normalized spacial score (nSPS) is 35.6. The maximum absolute atomic E-state index is 12.9. The molecule has 1 heterocycles. The fourth-order valence-electron chi connectivity index (χ4n) is 5.19. The van der Waals surface area contributed by atoms with E-state index in [4.69, 9.17) is 9.47 Å². The molecule has 0 radical (unpaired) electrons. The zero-order chi connectivity index (χ0) is 18.9. The van der Waals surface area contributed by atoms with Crippen molar-refractivity contribution >= 4 is 40.6 Å². The van der Waals surface area contributed by atoms with Crippen LogP contribution >= 0.6 is 22.6 Å². The fourth-order valence-corrected chi connectivity index (χ4v) is 6.04. The van der Waals surface area contributed by atoms with Crippen molar-refractivity contribution in [3.63, 3.8) is 0 Å². The number of nitrogens with zero attached hydrogens (tertiary/aromatic N) is 2. The number of halogens is 1. The van der Waals surface area contributed by atoms with Gasteiger partial charge in [-0.1, -0.05) is 12.2 Å². The largest absolute Gasteiger partial charge is 0.493 e. The first-order chi connectivity index (χ1) is 13.0. The molecule has 4 aliphatic carbocycles. The maximum Gasteiger partial charge on any atom is 0.254 e. The highest BCUT2D eigenvalue weighted by Gasteiger charge is 2.67. The van der Waals surface area contributed by atoms with E-state index < -0.39 is 0 Å². The molecule has 0 unspecified atom stereocenters. The summed E-state index contributed by atoms with van der Waals surface area (Å²) in [5.74, 6) is 2.09. The molecule has 0 spiro atoms. The summed E-state index contributed by atoms with van der Waals surface area (Å²) < 4.78 is 11.6. The Morgan fingerprint density at radius 1 is 1.07 bits per heavy atom. The Labute approximate surface area is 170 Å². The van der Waals surface area contributed by atoms with Gasteiger partial charge in [-0.15, -0.1) is 0 Å². The Hall–Kier alpha value is -1.90. The van der Waals surface area contributed by atoms with Crippen LogP contribution in [0.2, 0.25) is 0 Å². The molecule has 6 atom stereocenters. The maximum atomic E-state index is 12.9. The van der Waals surface area contributed by atoms with Crippen LogP contribution in [0.1, 0.15) is 12.0 Å². The number of methoxy groups -OCH3 is 2. The van der Waals surface area contributed by atoms with Crippen molar-refractivity contribution in [1.29, 1.82) is 0 Å². The van der Waals surface area contributed by atoms with Crippen LogP contribution in [0.5, 0.6) is 11.5 Å². The minimum Gasteiger partial charge on any atom is -0.493 e. The monoisotopic (exact) mass is 478 g/mol. The lowest BCUT2D eigenvalue weighted by molar-refractivity contribution is -0.140. The molecule has 5 aliphatic rings. The third kappa shape index (κ3) is 2.40. The summed E-state index contributed by atoms with van der Waals surface area (Å²) in [7, 11) is 3.16. The van der Waals surface area contributed by atoms with E-state index in [1.165, 1.54) is 0 Å². The zero-order valence-electron chi connectivity index (χ0n) is 15.0. The number of hydrazone groups is 1. The molecule has 2 amide bonds. The third-order valence-corrected chi connectivity index (χ3v) is 7.22. The molecule has 2 saturated carbocycles. The van der Waals surface area contributed by atoms with Crippen molar-refractivity contribution in [2.75, 3.05) is 14.2 Å². The highest BCUT2D eigenvalue weighted by atomic mass is 127. The van der Waals surface area contributed by atoms with Gasteiger partial charge in [-0.2, -0.15) is 10.1 Å². The molecule has 1 aliphatic heterocycles. The van der Waals surface area contributed by atoms with Gasteiger partial charge in [0, 0.05) is 0 Å². The summed E-state index contributed by atoms with van der Waals surface area (Å²) in [5.41, 5.74) is 0.747. The van der Waals surface area contributed by atoms with E-state index in [1.54, 1.807) is 26.5 Å². The average molecular weight is 478 g/mol. The number of imide groups is 1. The van der Waals surface area contributed by atoms with E-state index in [1.807, 2.05) is 6.07 Å².